The van der Waals surface area contributed by atoms with Gasteiger partial charge in [0.05, 0.1) is 12.7 Å². The molecule has 0 atom stereocenters. The summed E-state index contributed by atoms with van der Waals surface area (Å²) >= 11 is 0. The maximum Gasteiger partial charge on any atom is 0.337 e. The van der Waals surface area contributed by atoms with Gasteiger partial charge in [-0.05, 0) is 36.6 Å². The van der Waals surface area contributed by atoms with Crippen molar-refractivity contribution < 1.29 is 13.9 Å². The van der Waals surface area contributed by atoms with Gasteiger partial charge in [-0.15, -0.1) is 0 Å². The second-order valence-corrected chi connectivity index (χ2v) is 4.89. The molecule has 0 N–H and O–H groups in total. The molecule has 0 bridgehead atoms. The monoisotopic (exact) mass is 268 g/mol. The molecule has 2 aromatic rings. The first-order valence-corrected chi connectivity index (χ1v) is 6.72. The van der Waals surface area contributed by atoms with Gasteiger partial charge in [0.2, 0.25) is 0 Å². The minimum atomic E-state index is -0.345. The fourth-order valence-electron chi connectivity index (χ4n) is 2.42. The molecule has 0 radical (unpaired) electrons. The third-order valence-corrected chi connectivity index (χ3v) is 3.44. The second kappa shape index (κ2) is 5.37. The Hall–Kier alpha value is -2.29. The summed E-state index contributed by atoms with van der Waals surface area (Å²) in [5, 5.41) is 1.01. The van der Waals surface area contributed by atoms with Gasteiger partial charge in [-0.1, -0.05) is 24.3 Å². The topological polar surface area (TPSA) is 39.4 Å². The third kappa shape index (κ3) is 2.52. The van der Waals surface area contributed by atoms with E-state index in [4.69, 9.17) is 9.15 Å². The fourth-order valence-corrected chi connectivity index (χ4v) is 2.42. The van der Waals surface area contributed by atoms with Crippen molar-refractivity contribution in [1.82, 2.24) is 0 Å². The second-order valence-electron chi connectivity index (χ2n) is 4.89. The Balaban J connectivity index is 1.88. The normalized spacial score (nSPS) is 14.3. The Labute approximate surface area is 117 Å². The van der Waals surface area contributed by atoms with Crippen molar-refractivity contribution in [2.45, 2.75) is 19.3 Å². The van der Waals surface area contributed by atoms with E-state index >= 15 is 0 Å². The number of carbonyl (C=O) groups is 1. The minimum absolute atomic E-state index is 0.345. The van der Waals surface area contributed by atoms with Crippen molar-refractivity contribution >= 4 is 16.9 Å². The minimum Gasteiger partial charge on any atom is -0.465 e. The highest BCUT2D eigenvalue weighted by Crippen LogP contribution is 2.24. The number of ether oxygens (including phenoxy) is 1. The van der Waals surface area contributed by atoms with Gasteiger partial charge in [0.1, 0.15) is 11.3 Å². The van der Waals surface area contributed by atoms with E-state index in [0.29, 0.717) is 5.56 Å². The van der Waals surface area contributed by atoms with Crippen molar-refractivity contribution in [3.05, 3.63) is 59.4 Å². The molecule has 0 amide bonds. The van der Waals surface area contributed by atoms with Crippen LogP contribution in [0, 0.1) is 0 Å². The van der Waals surface area contributed by atoms with Gasteiger partial charge in [0.15, 0.2) is 0 Å². The molecule has 1 aromatic heterocycles. The Morgan fingerprint density at radius 2 is 2.20 bits per heavy atom. The molecule has 3 heteroatoms. The van der Waals surface area contributed by atoms with Crippen molar-refractivity contribution in [3.8, 4) is 0 Å². The molecule has 20 heavy (non-hydrogen) atoms. The number of esters is 1. The molecule has 1 heterocycles. The number of furan rings is 1. The summed E-state index contributed by atoms with van der Waals surface area (Å²) in [6.07, 6.45) is 9.58. The van der Waals surface area contributed by atoms with Gasteiger partial charge in [-0.25, -0.2) is 4.79 Å². The number of allylic oxidation sites excluding steroid dienone is 4. The SMILES string of the molecule is COC(=O)c1ccc2cc(CC3=CCCC=C3)oc2c1. The highest BCUT2D eigenvalue weighted by Gasteiger charge is 2.10. The lowest BCUT2D eigenvalue weighted by molar-refractivity contribution is 0.0601. The summed E-state index contributed by atoms with van der Waals surface area (Å²) in [4.78, 5) is 11.5. The van der Waals surface area contributed by atoms with Crippen LogP contribution in [0.1, 0.15) is 29.0 Å². The van der Waals surface area contributed by atoms with Crippen molar-refractivity contribution in [2.24, 2.45) is 0 Å². The highest BCUT2D eigenvalue weighted by molar-refractivity contribution is 5.93. The molecule has 0 saturated carbocycles. The number of fused-ring (bicyclic) bond motifs is 1. The largest absolute Gasteiger partial charge is 0.465 e. The molecule has 102 valence electrons. The van der Waals surface area contributed by atoms with Gasteiger partial charge in [0.25, 0.3) is 0 Å². The Bertz CT molecular complexity index is 704. The number of methoxy groups -OCH3 is 1. The van der Waals surface area contributed by atoms with Crippen LogP contribution in [0.2, 0.25) is 0 Å². The van der Waals surface area contributed by atoms with Crippen LogP contribution in [0.4, 0.5) is 0 Å². The molecule has 1 aliphatic rings. The Morgan fingerprint density at radius 3 is 2.95 bits per heavy atom. The highest BCUT2D eigenvalue weighted by atomic mass is 16.5. The van der Waals surface area contributed by atoms with Gasteiger partial charge in [-0.3, -0.25) is 0 Å². The van der Waals surface area contributed by atoms with Crippen LogP contribution in [0.5, 0.6) is 0 Å². The van der Waals surface area contributed by atoms with Crippen LogP contribution < -0.4 is 0 Å². The van der Waals surface area contributed by atoms with Crippen LogP contribution in [0.25, 0.3) is 11.0 Å². The van der Waals surface area contributed by atoms with Crippen LogP contribution >= 0.6 is 0 Å². The average molecular weight is 268 g/mol. The van der Waals surface area contributed by atoms with E-state index in [-0.39, 0.29) is 5.97 Å². The quantitative estimate of drug-likeness (QED) is 0.789. The number of carbonyl (C=O) groups excluding carboxylic acids is 1. The molecule has 3 rings (SSSR count). The number of hydrogen-bond acceptors (Lipinski definition) is 3. The van der Waals surface area contributed by atoms with E-state index in [1.165, 1.54) is 12.7 Å². The molecule has 1 aromatic carbocycles. The molecule has 1 aliphatic carbocycles. The van der Waals surface area contributed by atoms with Crippen molar-refractivity contribution in [3.63, 3.8) is 0 Å². The van der Waals surface area contributed by atoms with E-state index < -0.39 is 0 Å². The molecule has 0 unspecified atom stereocenters. The molecule has 0 aliphatic heterocycles. The molecule has 0 saturated heterocycles. The van der Waals surface area contributed by atoms with Gasteiger partial charge in [0, 0.05) is 11.8 Å². The maximum atomic E-state index is 11.5. The van der Waals surface area contributed by atoms with Crippen LogP contribution in [0.15, 0.2) is 52.5 Å². The first-order valence-electron chi connectivity index (χ1n) is 6.72. The summed E-state index contributed by atoms with van der Waals surface area (Å²) in [5.74, 6) is 0.572. The van der Waals surface area contributed by atoms with E-state index in [9.17, 15) is 4.79 Å². The molecule has 0 spiro atoms. The molecular weight excluding hydrogens is 252 g/mol. The van der Waals surface area contributed by atoms with E-state index in [2.05, 4.69) is 18.2 Å². The lowest BCUT2D eigenvalue weighted by Crippen LogP contribution is -1.99. The van der Waals surface area contributed by atoms with Crippen LogP contribution in [0.3, 0.4) is 0 Å². The third-order valence-electron chi connectivity index (χ3n) is 3.44. The molecular formula is C17H16O3. The van der Waals surface area contributed by atoms with Crippen molar-refractivity contribution in [2.75, 3.05) is 7.11 Å². The van der Waals surface area contributed by atoms with Crippen LogP contribution in [-0.2, 0) is 11.2 Å². The molecule has 0 fully saturated rings. The van der Waals surface area contributed by atoms with E-state index in [1.807, 2.05) is 12.1 Å². The lowest BCUT2D eigenvalue weighted by atomic mass is 10.0. The first-order chi connectivity index (χ1) is 9.76. The Morgan fingerprint density at radius 1 is 1.30 bits per heavy atom. The Kier molecular flexibility index (Phi) is 3.42. The van der Waals surface area contributed by atoms with Crippen LogP contribution in [-0.4, -0.2) is 13.1 Å². The smallest absolute Gasteiger partial charge is 0.337 e. The predicted molar refractivity (Wildman–Crippen MR) is 77.7 cm³/mol. The zero-order valence-corrected chi connectivity index (χ0v) is 11.4. The van der Waals surface area contributed by atoms with Gasteiger partial charge >= 0.3 is 5.97 Å². The summed E-state index contributed by atoms with van der Waals surface area (Å²) in [6, 6.07) is 7.41. The first kappa shape index (κ1) is 12.7. The number of benzene rings is 1. The fraction of sp³-hybridized carbons (Fsp3) is 0.235. The zero-order valence-electron chi connectivity index (χ0n) is 11.4. The molecule has 3 nitrogen and oxygen atoms in total. The maximum absolute atomic E-state index is 11.5. The lowest BCUT2D eigenvalue weighted by Gasteiger charge is -2.04. The zero-order chi connectivity index (χ0) is 13.9. The number of hydrogen-bond donors (Lipinski definition) is 0. The van der Waals surface area contributed by atoms with Gasteiger partial charge in [-0.2, -0.15) is 0 Å². The summed E-state index contributed by atoms with van der Waals surface area (Å²) < 4.78 is 10.5. The predicted octanol–water partition coefficient (Wildman–Crippen LogP) is 4.04. The number of rotatable bonds is 3. The van der Waals surface area contributed by atoms with Gasteiger partial charge < -0.3 is 9.15 Å². The summed E-state index contributed by atoms with van der Waals surface area (Å²) in [6.45, 7) is 0. The standard InChI is InChI=1S/C17H16O3/c1-19-17(18)14-8-7-13-10-15(20-16(13)11-14)9-12-5-3-2-4-6-12/h3,5-8,10-11H,2,4,9H2,1H3. The van der Waals surface area contributed by atoms with Crippen molar-refractivity contribution in [1.29, 1.82) is 0 Å². The summed E-state index contributed by atoms with van der Waals surface area (Å²) in [7, 11) is 1.38. The van der Waals surface area contributed by atoms with E-state index in [1.54, 1.807) is 12.1 Å². The summed E-state index contributed by atoms with van der Waals surface area (Å²) in [5.41, 5.74) is 2.52. The van der Waals surface area contributed by atoms with E-state index in [0.717, 1.165) is 36.0 Å². The average Bonchev–Trinajstić information content (AvgIpc) is 2.88.